The number of fused-ring (bicyclic) bond motifs is 1. The molecule has 0 amide bonds. The fraction of sp³-hybridized carbons (Fsp3) is 0.471. The summed E-state index contributed by atoms with van der Waals surface area (Å²) in [6.45, 7) is 6.10. The maximum absolute atomic E-state index is 12.5. The van der Waals surface area contributed by atoms with Gasteiger partial charge in [-0.1, -0.05) is 38.5 Å². The summed E-state index contributed by atoms with van der Waals surface area (Å²) in [7, 11) is 0. The van der Waals surface area contributed by atoms with E-state index in [2.05, 4.69) is 19.2 Å². The molecule has 1 aromatic heterocycles. The molecule has 0 saturated heterocycles. The molecule has 0 bridgehead atoms. The summed E-state index contributed by atoms with van der Waals surface area (Å²) in [5.41, 5.74) is 0.113. The van der Waals surface area contributed by atoms with E-state index in [0.717, 1.165) is 43.1 Å². The molecule has 0 aliphatic rings. The highest BCUT2D eigenvalue weighted by Gasteiger charge is 2.09. The summed E-state index contributed by atoms with van der Waals surface area (Å²) < 4.78 is 1.84. The summed E-state index contributed by atoms with van der Waals surface area (Å²) in [5, 5.41) is 5.36. The van der Waals surface area contributed by atoms with E-state index in [1.54, 1.807) is 0 Å². The van der Waals surface area contributed by atoms with Crippen LogP contribution in [0.5, 0.6) is 0 Å². The van der Waals surface area contributed by atoms with Crippen LogP contribution in [0.1, 0.15) is 33.1 Å². The van der Waals surface area contributed by atoms with Crippen molar-refractivity contribution in [2.24, 2.45) is 0 Å². The van der Waals surface area contributed by atoms with Crippen LogP contribution in [0, 0.1) is 0 Å². The Morgan fingerprint density at radius 2 is 1.95 bits per heavy atom. The Kier molecular flexibility index (Phi) is 5.36. The number of hydrogen-bond acceptors (Lipinski definition) is 2. The number of pyridine rings is 1. The summed E-state index contributed by atoms with van der Waals surface area (Å²) in [6, 6.07) is 10.2. The minimum absolute atomic E-state index is 0.113. The quantitative estimate of drug-likeness (QED) is 0.840. The molecule has 0 saturated carbocycles. The molecule has 1 heterocycles. The topological polar surface area (TPSA) is 34.0 Å². The van der Waals surface area contributed by atoms with Crippen LogP contribution in [-0.4, -0.2) is 17.2 Å². The van der Waals surface area contributed by atoms with Crippen LogP contribution in [-0.2, 0) is 6.54 Å². The fourth-order valence-electron chi connectivity index (χ4n) is 2.57. The van der Waals surface area contributed by atoms with Crippen molar-refractivity contribution in [2.45, 2.75) is 45.7 Å². The number of rotatable bonds is 7. The number of aromatic nitrogens is 1. The Morgan fingerprint density at radius 1 is 1.15 bits per heavy atom. The van der Waals surface area contributed by atoms with E-state index in [1.165, 1.54) is 0 Å². The number of hydrogen-bond donors (Lipinski definition) is 1. The van der Waals surface area contributed by atoms with Crippen LogP contribution in [0.3, 0.4) is 0 Å². The van der Waals surface area contributed by atoms with Gasteiger partial charge >= 0.3 is 0 Å². The van der Waals surface area contributed by atoms with E-state index in [9.17, 15) is 4.79 Å². The molecule has 2 rings (SSSR count). The van der Waals surface area contributed by atoms with Crippen molar-refractivity contribution >= 4 is 10.8 Å². The van der Waals surface area contributed by atoms with Crippen molar-refractivity contribution in [1.82, 2.24) is 9.88 Å². The summed E-state index contributed by atoms with van der Waals surface area (Å²) in [4.78, 5) is 12.5. The standard InChI is InChI=1S/C17H24N2O/c1-3-7-15(18-11-4-2)13-19-12-10-14-8-5-6-9-16(14)17(19)20/h5-6,8-10,12,15,18H,3-4,7,11,13H2,1-2H3. The van der Waals surface area contributed by atoms with E-state index >= 15 is 0 Å². The molecule has 20 heavy (non-hydrogen) atoms. The highest BCUT2D eigenvalue weighted by Crippen LogP contribution is 2.09. The lowest BCUT2D eigenvalue weighted by Crippen LogP contribution is -2.36. The first-order valence-corrected chi connectivity index (χ1v) is 7.57. The molecule has 1 aromatic carbocycles. The third-order valence-electron chi connectivity index (χ3n) is 3.62. The highest BCUT2D eigenvalue weighted by atomic mass is 16.1. The number of benzene rings is 1. The molecular formula is C17H24N2O. The zero-order valence-electron chi connectivity index (χ0n) is 12.4. The van der Waals surface area contributed by atoms with Gasteiger partial charge in [0, 0.05) is 24.2 Å². The van der Waals surface area contributed by atoms with E-state index in [0.29, 0.717) is 6.04 Å². The Morgan fingerprint density at radius 3 is 2.70 bits per heavy atom. The molecule has 2 aromatic rings. The van der Waals surface area contributed by atoms with Crippen molar-refractivity contribution in [3.63, 3.8) is 0 Å². The Bertz CT molecular complexity index is 603. The van der Waals surface area contributed by atoms with Gasteiger partial charge in [-0.3, -0.25) is 4.79 Å². The number of nitrogens with one attached hydrogen (secondary N) is 1. The van der Waals surface area contributed by atoms with Gasteiger partial charge in [-0.25, -0.2) is 0 Å². The molecule has 108 valence electrons. The molecule has 3 nitrogen and oxygen atoms in total. The Labute approximate surface area is 120 Å². The second-order valence-electron chi connectivity index (χ2n) is 5.30. The molecule has 0 aliphatic heterocycles. The van der Waals surface area contributed by atoms with Gasteiger partial charge in [0.2, 0.25) is 0 Å². The predicted molar refractivity (Wildman–Crippen MR) is 85.2 cm³/mol. The molecule has 3 heteroatoms. The predicted octanol–water partition coefficient (Wildman–Crippen LogP) is 3.17. The Hall–Kier alpha value is -1.61. The van der Waals surface area contributed by atoms with Crippen molar-refractivity contribution < 1.29 is 0 Å². The van der Waals surface area contributed by atoms with Crippen molar-refractivity contribution in [3.8, 4) is 0 Å². The van der Waals surface area contributed by atoms with Crippen LogP contribution >= 0.6 is 0 Å². The maximum atomic E-state index is 12.5. The van der Waals surface area contributed by atoms with E-state index in [-0.39, 0.29) is 5.56 Å². The van der Waals surface area contributed by atoms with E-state index in [1.807, 2.05) is 41.1 Å². The summed E-state index contributed by atoms with van der Waals surface area (Å²) in [5.74, 6) is 0. The largest absolute Gasteiger partial charge is 0.313 e. The molecule has 1 atom stereocenters. The zero-order chi connectivity index (χ0) is 14.4. The van der Waals surface area contributed by atoms with Crippen molar-refractivity contribution in [3.05, 3.63) is 46.9 Å². The minimum atomic E-state index is 0.113. The Balaban J connectivity index is 2.23. The lowest BCUT2D eigenvalue weighted by molar-refractivity contribution is 0.416. The lowest BCUT2D eigenvalue weighted by atomic mass is 10.1. The van der Waals surface area contributed by atoms with Crippen LogP contribution in [0.25, 0.3) is 10.8 Å². The summed E-state index contributed by atoms with van der Waals surface area (Å²) >= 11 is 0. The van der Waals surface area contributed by atoms with Crippen molar-refractivity contribution in [1.29, 1.82) is 0 Å². The first-order chi connectivity index (χ1) is 9.76. The monoisotopic (exact) mass is 272 g/mol. The fourth-order valence-corrected chi connectivity index (χ4v) is 2.57. The van der Waals surface area contributed by atoms with Gasteiger partial charge in [-0.15, -0.1) is 0 Å². The third-order valence-corrected chi connectivity index (χ3v) is 3.62. The average Bonchev–Trinajstić information content (AvgIpc) is 2.48. The van der Waals surface area contributed by atoms with Gasteiger partial charge in [0.1, 0.15) is 0 Å². The van der Waals surface area contributed by atoms with Gasteiger partial charge in [0.05, 0.1) is 0 Å². The highest BCUT2D eigenvalue weighted by molar-refractivity contribution is 5.81. The molecule has 0 spiro atoms. The maximum Gasteiger partial charge on any atom is 0.258 e. The van der Waals surface area contributed by atoms with E-state index in [4.69, 9.17) is 0 Å². The van der Waals surface area contributed by atoms with Crippen LogP contribution < -0.4 is 10.9 Å². The molecule has 1 N–H and O–H groups in total. The smallest absolute Gasteiger partial charge is 0.258 e. The molecular weight excluding hydrogens is 248 g/mol. The van der Waals surface area contributed by atoms with Crippen LogP contribution in [0.2, 0.25) is 0 Å². The molecule has 0 aliphatic carbocycles. The zero-order valence-corrected chi connectivity index (χ0v) is 12.4. The normalized spacial score (nSPS) is 12.7. The number of nitrogens with zero attached hydrogens (tertiary/aromatic N) is 1. The van der Waals surface area contributed by atoms with Crippen LogP contribution in [0.15, 0.2) is 41.3 Å². The SMILES string of the molecule is CCCNC(CCC)Cn1ccc2ccccc2c1=O. The third kappa shape index (κ3) is 3.48. The van der Waals surface area contributed by atoms with E-state index < -0.39 is 0 Å². The van der Waals surface area contributed by atoms with Crippen LogP contribution in [0.4, 0.5) is 0 Å². The molecule has 1 unspecified atom stereocenters. The molecule has 0 radical (unpaired) electrons. The van der Waals surface area contributed by atoms with Gasteiger partial charge in [0.25, 0.3) is 5.56 Å². The average molecular weight is 272 g/mol. The first-order valence-electron chi connectivity index (χ1n) is 7.57. The van der Waals surface area contributed by atoms with Crippen molar-refractivity contribution in [2.75, 3.05) is 6.54 Å². The second-order valence-corrected chi connectivity index (χ2v) is 5.30. The van der Waals surface area contributed by atoms with Gasteiger partial charge in [-0.05, 0) is 36.9 Å². The lowest BCUT2D eigenvalue weighted by Gasteiger charge is -2.19. The minimum Gasteiger partial charge on any atom is -0.313 e. The molecule has 0 fully saturated rings. The summed E-state index contributed by atoms with van der Waals surface area (Å²) in [6.07, 6.45) is 5.26. The van der Waals surface area contributed by atoms with Gasteiger partial charge in [0.15, 0.2) is 0 Å². The van der Waals surface area contributed by atoms with Gasteiger partial charge in [-0.2, -0.15) is 0 Å². The second kappa shape index (κ2) is 7.25. The first kappa shape index (κ1) is 14.8. The van der Waals surface area contributed by atoms with Gasteiger partial charge < -0.3 is 9.88 Å².